The van der Waals surface area contributed by atoms with Crippen LogP contribution in [0, 0.1) is 0 Å². The van der Waals surface area contributed by atoms with Crippen molar-refractivity contribution in [3.8, 4) is 5.75 Å². The number of amides is 3. The molecule has 12 heteroatoms. The van der Waals surface area contributed by atoms with Gasteiger partial charge in [0.05, 0.1) is 22.1 Å². The number of anilines is 1. The van der Waals surface area contributed by atoms with E-state index < -0.39 is 42.1 Å². The minimum absolute atomic E-state index is 0.0693. The van der Waals surface area contributed by atoms with Gasteiger partial charge in [0, 0.05) is 5.69 Å². The number of thioether (sulfide) groups is 1. The molecule has 0 atom stereocenters. The van der Waals surface area contributed by atoms with Gasteiger partial charge < -0.3 is 19.9 Å². The van der Waals surface area contributed by atoms with Crippen molar-refractivity contribution in [1.29, 1.82) is 0 Å². The lowest BCUT2D eigenvalue weighted by molar-refractivity contribution is -0.139. The lowest BCUT2D eigenvalue weighted by Crippen LogP contribution is -2.36. The number of benzene rings is 2. The molecular weight excluding hydrogens is 500 g/mol. The lowest BCUT2D eigenvalue weighted by Gasteiger charge is -2.13. The Hall–Kier alpha value is -3.83. The maximum Gasteiger partial charge on any atom is 0.341 e. The zero-order valence-corrected chi connectivity index (χ0v) is 19.9. The number of aliphatic carboxylic acids is 1. The highest BCUT2D eigenvalue weighted by Crippen LogP contribution is 2.32. The summed E-state index contributed by atoms with van der Waals surface area (Å²) in [4.78, 5) is 60.9. The van der Waals surface area contributed by atoms with Gasteiger partial charge in [-0.25, -0.2) is 9.59 Å². The number of hydrogen-bond donors (Lipinski definition) is 2. The molecule has 1 fully saturated rings. The van der Waals surface area contributed by atoms with Crippen molar-refractivity contribution in [2.45, 2.75) is 6.92 Å². The Morgan fingerprint density at radius 3 is 2.51 bits per heavy atom. The second-order valence-electron chi connectivity index (χ2n) is 6.98. The fraction of sp³-hybridized carbons (Fsp3) is 0.174. The van der Waals surface area contributed by atoms with Gasteiger partial charge in [0.25, 0.3) is 11.1 Å². The maximum absolute atomic E-state index is 12.7. The van der Waals surface area contributed by atoms with Gasteiger partial charge in [-0.2, -0.15) is 0 Å². The van der Waals surface area contributed by atoms with E-state index in [2.05, 4.69) is 5.32 Å². The predicted molar refractivity (Wildman–Crippen MR) is 128 cm³/mol. The summed E-state index contributed by atoms with van der Waals surface area (Å²) in [6.45, 7) is 0.789. The van der Waals surface area contributed by atoms with E-state index in [-0.39, 0.29) is 27.8 Å². The number of carboxylic acid groups (broad SMARTS) is 1. The highest BCUT2D eigenvalue weighted by atomic mass is 35.5. The number of ether oxygens (including phenoxy) is 2. The average Bonchev–Trinajstić information content (AvgIpc) is 3.07. The molecule has 0 spiro atoms. The van der Waals surface area contributed by atoms with Crippen LogP contribution in [0.2, 0.25) is 5.02 Å². The smallest absolute Gasteiger partial charge is 0.341 e. The molecule has 1 aliphatic heterocycles. The quantitative estimate of drug-likeness (QED) is 0.376. The van der Waals surface area contributed by atoms with E-state index in [1.54, 1.807) is 19.1 Å². The third-order valence-corrected chi connectivity index (χ3v) is 5.70. The molecule has 0 aromatic heterocycles. The summed E-state index contributed by atoms with van der Waals surface area (Å²) in [5.74, 6) is -2.70. The zero-order valence-electron chi connectivity index (χ0n) is 18.3. The highest BCUT2D eigenvalue weighted by Gasteiger charge is 2.36. The Bertz CT molecular complexity index is 1210. The average molecular weight is 519 g/mol. The Labute approximate surface area is 208 Å². The number of carboxylic acids is 1. The lowest BCUT2D eigenvalue weighted by atomic mass is 10.2. The van der Waals surface area contributed by atoms with Gasteiger partial charge in [-0.3, -0.25) is 19.3 Å². The van der Waals surface area contributed by atoms with Gasteiger partial charge in [0.1, 0.15) is 12.3 Å². The second kappa shape index (κ2) is 11.5. The Balaban J connectivity index is 1.64. The number of carbonyl (C=O) groups excluding carboxylic acids is 4. The summed E-state index contributed by atoms with van der Waals surface area (Å²) in [6, 6.07) is 10.5. The van der Waals surface area contributed by atoms with Crippen molar-refractivity contribution in [3.05, 3.63) is 63.5 Å². The molecule has 2 aromatic rings. The van der Waals surface area contributed by atoms with Crippen LogP contribution in [0.1, 0.15) is 22.8 Å². The summed E-state index contributed by atoms with van der Waals surface area (Å²) < 4.78 is 9.97. The zero-order chi connectivity index (χ0) is 25.5. The van der Waals surface area contributed by atoms with E-state index >= 15 is 0 Å². The van der Waals surface area contributed by atoms with Crippen LogP contribution in [0.3, 0.4) is 0 Å². The highest BCUT2D eigenvalue weighted by molar-refractivity contribution is 8.18. The Morgan fingerprint density at radius 2 is 1.86 bits per heavy atom. The number of nitrogens with zero attached hydrogens (tertiary/aromatic N) is 1. The molecule has 3 rings (SSSR count). The molecule has 0 bridgehead atoms. The Kier molecular flexibility index (Phi) is 8.50. The van der Waals surface area contributed by atoms with Gasteiger partial charge >= 0.3 is 11.9 Å². The van der Waals surface area contributed by atoms with Gasteiger partial charge in [-0.15, -0.1) is 0 Å². The van der Waals surface area contributed by atoms with E-state index in [1.807, 2.05) is 0 Å². The minimum Gasteiger partial charge on any atom is -0.482 e. The molecule has 1 heterocycles. The van der Waals surface area contributed by atoms with E-state index in [9.17, 15) is 24.0 Å². The molecule has 10 nitrogen and oxygen atoms in total. The summed E-state index contributed by atoms with van der Waals surface area (Å²) in [7, 11) is 0. The van der Waals surface area contributed by atoms with E-state index in [0.29, 0.717) is 23.1 Å². The van der Waals surface area contributed by atoms with Crippen molar-refractivity contribution in [1.82, 2.24) is 4.90 Å². The summed E-state index contributed by atoms with van der Waals surface area (Å²) in [5, 5.41) is 10.7. The second-order valence-corrected chi connectivity index (χ2v) is 8.38. The number of esters is 1. The van der Waals surface area contributed by atoms with Crippen LogP contribution >= 0.6 is 23.4 Å². The number of halogens is 1. The van der Waals surface area contributed by atoms with Crippen molar-refractivity contribution in [2.75, 3.05) is 25.1 Å². The third kappa shape index (κ3) is 6.84. The fourth-order valence-electron chi connectivity index (χ4n) is 2.91. The van der Waals surface area contributed by atoms with Crippen LogP contribution in [0.5, 0.6) is 5.75 Å². The minimum atomic E-state index is -1.11. The summed E-state index contributed by atoms with van der Waals surface area (Å²) >= 11 is 6.70. The van der Waals surface area contributed by atoms with Crippen molar-refractivity contribution < 1.29 is 38.6 Å². The van der Waals surface area contributed by atoms with Crippen molar-refractivity contribution >= 4 is 64.1 Å². The van der Waals surface area contributed by atoms with Crippen LogP contribution in [0.4, 0.5) is 10.5 Å². The molecule has 1 aliphatic rings. The molecule has 2 N–H and O–H groups in total. The molecule has 0 saturated carbocycles. The van der Waals surface area contributed by atoms with E-state index in [0.717, 1.165) is 4.90 Å². The van der Waals surface area contributed by atoms with Gasteiger partial charge in [0.2, 0.25) is 5.91 Å². The predicted octanol–water partition coefficient (Wildman–Crippen LogP) is 3.66. The van der Waals surface area contributed by atoms with Crippen LogP contribution < -0.4 is 10.1 Å². The van der Waals surface area contributed by atoms with Crippen molar-refractivity contribution in [3.63, 3.8) is 0 Å². The first-order chi connectivity index (χ1) is 16.7. The van der Waals surface area contributed by atoms with Gasteiger partial charge in [0.15, 0.2) is 6.61 Å². The summed E-state index contributed by atoms with van der Waals surface area (Å²) in [5.41, 5.74) is 0.894. The summed E-state index contributed by atoms with van der Waals surface area (Å²) in [6.07, 6.45) is 1.48. The monoisotopic (exact) mass is 518 g/mol. The van der Waals surface area contributed by atoms with Crippen LogP contribution in [0.25, 0.3) is 6.08 Å². The molecular formula is C23H19ClN2O8S. The first-order valence-corrected chi connectivity index (χ1v) is 11.3. The number of nitrogens with one attached hydrogen (secondary N) is 1. The molecule has 0 aliphatic carbocycles. The largest absolute Gasteiger partial charge is 0.482 e. The van der Waals surface area contributed by atoms with Crippen LogP contribution in [-0.2, 0) is 19.1 Å². The maximum atomic E-state index is 12.7. The third-order valence-electron chi connectivity index (χ3n) is 4.46. The number of carbonyl (C=O) groups is 5. The van der Waals surface area contributed by atoms with Crippen LogP contribution in [-0.4, -0.2) is 58.8 Å². The Morgan fingerprint density at radius 1 is 1.14 bits per heavy atom. The normalized spacial score (nSPS) is 14.2. The number of imide groups is 1. The molecule has 182 valence electrons. The molecule has 2 aromatic carbocycles. The van der Waals surface area contributed by atoms with Gasteiger partial charge in [-0.05, 0) is 60.7 Å². The van der Waals surface area contributed by atoms with E-state index in [4.69, 9.17) is 26.2 Å². The van der Waals surface area contributed by atoms with Gasteiger partial charge in [-0.1, -0.05) is 23.7 Å². The molecule has 3 amide bonds. The number of hydrogen-bond acceptors (Lipinski definition) is 8. The molecule has 35 heavy (non-hydrogen) atoms. The number of rotatable bonds is 9. The first-order valence-electron chi connectivity index (χ1n) is 10.1. The van der Waals surface area contributed by atoms with E-state index in [1.165, 1.54) is 36.4 Å². The first kappa shape index (κ1) is 25.8. The van der Waals surface area contributed by atoms with Crippen LogP contribution in [0.15, 0.2) is 47.4 Å². The molecule has 0 radical (unpaired) electrons. The molecule has 0 unspecified atom stereocenters. The molecule has 1 saturated heterocycles. The SMILES string of the molecule is CCOC(=O)c1cc(NC(=O)CN2C(=O)S/C(=C/c3ccc(OCC(=O)O)cc3)C2=O)ccc1Cl. The fourth-order valence-corrected chi connectivity index (χ4v) is 3.94. The topological polar surface area (TPSA) is 139 Å². The standard InChI is InChI=1S/C23H19ClN2O8S/c1-2-33-22(31)16-10-14(5-8-17(16)24)25-19(27)11-26-21(30)18(35-23(26)32)9-13-3-6-15(7-4-13)34-12-20(28)29/h3-10H,2,11-12H2,1H3,(H,25,27)(H,28,29)/b18-9+. The van der Waals surface area contributed by atoms with Crippen molar-refractivity contribution in [2.24, 2.45) is 0 Å².